The van der Waals surface area contributed by atoms with Crippen molar-refractivity contribution >= 4 is 17.6 Å². The molecule has 3 aromatic carbocycles. The van der Waals surface area contributed by atoms with Crippen LogP contribution in [0.5, 0.6) is 17.2 Å². The second kappa shape index (κ2) is 9.02. The zero-order chi connectivity index (χ0) is 25.5. The van der Waals surface area contributed by atoms with Crippen molar-refractivity contribution in [2.45, 2.75) is 12.1 Å². The fraction of sp³-hybridized carbons (Fsp3) is 0.179. The summed E-state index contributed by atoms with van der Waals surface area (Å²) >= 11 is 0. The summed E-state index contributed by atoms with van der Waals surface area (Å²) in [6.45, 7) is 0. The van der Waals surface area contributed by atoms with Gasteiger partial charge in [0.15, 0.2) is 11.5 Å². The number of para-hydroxylation sites is 1. The van der Waals surface area contributed by atoms with Gasteiger partial charge in [-0.25, -0.2) is 9.48 Å². The van der Waals surface area contributed by atoms with E-state index >= 15 is 0 Å². The number of esters is 1. The first-order valence-electron chi connectivity index (χ1n) is 11.7. The molecule has 0 spiro atoms. The summed E-state index contributed by atoms with van der Waals surface area (Å²) in [5, 5.41) is 8.04. The third-order valence-corrected chi connectivity index (χ3v) is 6.68. The highest BCUT2D eigenvalue weighted by atomic mass is 16.5. The van der Waals surface area contributed by atoms with Crippen LogP contribution < -0.4 is 19.5 Å². The van der Waals surface area contributed by atoms with Crippen molar-refractivity contribution in [1.82, 2.24) is 14.8 Å². The van der Waals surface area contributed by atoms with Gasteiger partial charge in [-0.1, -0.05) is 30.3 Å². The molecule has 2 aliphatic heterocycles. The molecule has 0 radical (unpaired) electrons. The van der Waals surface area contributed by atoms with Crippen LogP contribution in [-0.2, 0) is 4.74 Å². The Morgan fingerprint density at radius 3 is 2.46 bits per heavy atom. The van der Waals surface area contributed by atoms with Gasteiger partial charge in [0.2, 0.25) is 5.95 Å². The normalized spacial score (nSPS) is 17.5. The Hall–Kier alpha value is -4.79. The highest BCUT2D eigenvalue weighted by Gasteiger charge is 2.41. The first kappa shape index (κ1) is 22.7. The van der Waals surface area contributed by atoms with E-state index in [1.165, 1.54) is 13.4 Å². The number of nitrogens with one attached hydrogen (secondary N) is 1. The molecule has 0 fully saturated rings. The van der Waals surface area contributed by atoms with Gasteiger partial charge in [-0.3, -0.25) is 0 Å². The molecular weight excluding hydrogens is 472 g/mol. The van der Waals surface area contributed by atoms with E-state index in [4.69, 9.17) is 18.9 Å². The van der Waals surface area contributed by atoms with Gasteiger partial charge in [0.05, 0.1) is 32.6 Å². The molecule has 9 heteroatoms. The van der Waals surface area contributed by atoms with Crippen molar-refractivity contribution < 1.29 is 23.7 Å². The number of methoxy groups -OCH3 is 3. The number of carbonyl (C=O) groups is 1. The number of hydrogen-bond acceptors (Lipinski definition) is 8. The summed E-state index contributed by atoms with van der Waals surface area (Å²) in [5.41, 5.74) is 5.06. The van der Waals surface area contributed by atoms with Gasteiger partial charge < -0.3 is 24.3 Å². The number of ether oxygens (including phenoxy) is 4. The lowest BCUT2D eigenvalue weighted by Crippen LogP contribution is -2.32. The van der Waals surface area contributed by atoms with E-state index in [0.29, 0.717) is 23.0 Å². The van der Waals surface area contributed by atoms with Crippen LogP contribution in [0.15, 0.2) is 78.6 Å². The lowest BCUT2D eigenvalue weighted by molar-refractivity contribution is 0.0600. The highest BCUT2D eigenvalue weighted by molar-refractivity contribution is 5.89. The van der Waals surface area contributed by atoms with Gasteiger partial charge >= 0.3 is 5.97 Å². The minimum atomic E-state index is -0.473. The highest BCUT2D eigenvalue weighted by Crippen LogP contribution is 2.51. The molecule has 4 aromatic rings. The zero-order valence-corrected chi connectivity index (χ0v) is 20.5. The molecule has 0 amide bonds. The molecule has 0 bridgehead atoms. The number of benzene rings is 3. The first-order valence-corrected chi connectivity index (χ1v) is 11.7. The van der Waals surface area contributed by atoms with Crippen molar-refractivity contribution in [2.75, 3.05) is 26.6 Å². The van der Waals surface area contributed by atoms with Crippen LogP contribution in [-0.4, -0.2) is 42.1 Å². The first-order chi connectivity index (χ1) is 18.1. The predicted octanol–water partition coefficient (Wildman–Crippen LogP) is 4.64. The lowest BCUT2D eigenvalue weighted by atomic mass is 9.84. The maximum Gasteiger partial charge on any atom is 0.337 e. The van der Waals surface area contributed by atoms with Gasteiger partial charge in [-0.2, -0.15) is 10.1 Å². The Kier molecular flexibility index (Phi) is 5.52. The quantitative estimate of drug-likeness (QED) is 0.399. The fourth-order valence-electron chi connectivity index (χ4n) is 4.95. The van der Waals surface area contributed by atoms with Gasteiger partial charge in [0.25, 0.3) is 0 Å². The molecule has 0 aliphatic carbocycles. The largest absolute Gasteiger partial charge is 0.493 e. The van der Waals surface area contributed by atoms with Crippen LogP contribution in [0.4, 0.5) is 5.95 Å². The molecule has 2 aliphatic rings. The molecule has 0 saturated carbocycles. The Balaban J connectivity index is 1.56. The molecule has 1 N–H and O–H groups in total. The van der Waals surface area contributed by atoms with Crippen LogP contribution in [0, 0.1) is 0 Å². The monoisotopic (exact) mass is 496 g/mol. The average molecular weight is 497 g/mol. The van der Waals surface area contributed by atoms with Gasteiger partial charge in [0.1, 0.15) is 24.2 Å². The average Bonchev–Trinajstić information content (AvgIpc) is 3.43. The van der Waals surface area contributed by atoms with Crippen molar-refractivity contribution in [3.63, 3.8) is 0 Å². The zero-order valence-electron chi connectivity index (χ0n) is 20.5. The third-order valence-electron chi connectivity index (χ3n) is 6.68. The maximum atomic E-state index is 12.0. The van der Waals surface area contributed by atoms with Crippen LogP contribution in [0.25, 0.3) is 5.70 Å². The van der Waals surface area contributed by atoms with E-state index in [-0.39, 0.29) is 6.04 Å². The predicted molar refractivity (Wildman–Crippen MR) is 136 cm³/mol. The number of anilines is 1. The Labute approximate surface area is 213 Å². The summed E-state index contributed by atoms with van der Waals surface area (Å²) < 4.78 is 24.4. The van der Waals surface area contributed by atoms with Gasteiger partial charge in [-0.05, 0) is 47.5 Å². The van der Waals surface area contributed by atoms with Crippen LogP contribution in [0.1, 0.15) is 39.2 Å². The maximum absolute atomic E-state index is 12.0. The third kappa shape index (κ3) is 3.67. The van der Waals surface area contributed by atoms with Crippen LogP contribution >= 0.6 is 0 Å². The molecule has 186 valence electrons. The molecule has 0 unspecified atom stereocenters. The molecule has 0 saturated heterocycles. The Morgan fingerprint density at radius 1 is 0.946 bits per heavy atom. The molecular formula is C28H24N4O5. The van der Waals surface area contributed by atoms with Crippen molar-refractivity contribution in [3.05, 3.63) is 101 Å². The summed E-state index contributed by atoms with van der Waals surface area (Å²) in [6.07, 6.45) is 1.06. The summed E-state index contributed by atoms with van der Waals surface area (Å²) in [7, 11) is 4.59. The van der Waals surface area contributed by atoms with E-state index in [9.17, 15) is 4.79 Å². The van der Waals surface area contributed by atoms with Crippen LogP contribution in [0.3, 0.4) is 0 Å². The van der Waals surface area contributed by atoms with Gasteiger partial charge in [0, 0.05) is 11.1 Å². The van der Waals surface area contributed by atoms with E-state index in [0.717, 1.165) is 33.7 Å². The van der Waals surface area contributed by atoms with Crippen molar-refractivity contribution in [3.8, 4) is 17.2 Å². The summed E-state index contributed by atoms with van der Waals surface area (Å²) in [6, 6.07) is 20.6. The fourth-order valence-corrected chi connectivity index (χ4v) is 4.95. The van der Waals surface area contributed by atoms with E-state index in [1.54, 1.807) is 26.4 Å². The second-order valence-corrected chi connectivity index (χ2v) is 8.61. The van der Waals surface area contributed by atoms with E-state index in [1.807, 2.05) is 59.3 Å². The Bertz CT molecular complexity index is 1530. The number of hydrogen-bond donors (Lipinski definition) is 1. The summed E-state index contributed by atoms with van der Waals surface area (Å²) in [5.74, 6) is 2.22. The minimum Gasteiger partial charge on any atom is -0.493 e. The molecule has 1 aromatic heterocycles. The molecule has 2 atom stereocenters. The number of carbonyl (C=O) groups excluding carboxylic acids is 1. The second-order valence-electron chi connectivity index (χ2n) is 8.61. The smallest absolute Gasteiger partial charge is 0.337 e. The van der Waals surface area contributed by atoms with Crippen LogP contribution in [0.2, 0.25) is 0 Å². The number of fused-ring (bicyclic) bond motifs is 3. The van der Waals surface area contributed by atoms with E-state index in [2.05, 4.69) is 15.4 Å². The molecule has 3 heterocycles. The van der Waals surface area contributed by atoms with E-state index < -0.39 is 12.1 Å². The number of rotatable bonds is 5. The molecule has 6 rings (SSSR count). The Morgan fingerprint density at radius 2 is 1.70 bits per heavy atom. The molecule has 37 heavy (non-hydrogen) atoms. The topological polar surface area (TPSA) is 96.7 Å². The molecule has 9 nitrogen and oxygen atoms in total. The van der Waals surface area contributed by atoms with Crippen molar-refractivity contribution in [1.29, 1.82) is 0 Å². The van der Waals surface area contributed by atoms with Gasteiger partial charge in [-0.15, -0.1) is 0 Å². The standard InChI is InChI=1S/C28H24N4O5/c1-34-21-13-12-18(14-22(21)35-2)25-23-24(31-28-29-15-30-32(25)28)19-6-4-5-7-20(19)37-26(23)16-8-10-17(11-9-16)27(33)36-3/h4-15,25-26H,1-3H3,(H,29,30,31)/t25-,26+/m1/s1. The number of aromatic nitrogens is 3. The number of nitrogens with zero attached hydrogens (tertiary/aromatic N) is 3. The minimum absolute atomic E-state index is 0.354. The lowest BCUT2D eigenvalue weighted by Gasteiger charge is -2.39. The van der Waals surface area contributed by atoms with Crippen molar-refractivity contribution in [2.24, 2.45) is 0 Å². The SMILES string of the molecule is COC(=O)c1ccc([C@@H]2Oc3ccccc3C3=C2[C@@H](c2ccc(OC)c(OC)c2)n2ncnc2N3)cc1. The summed E-state index contributed by atoms with van der Waals surface area (Å²) in [4.78, 5) is 16.5.